The molecule has 0 saturated heterocycles. The van der Waals surface area contributed by atoms with E-state index in [1.54, 1.807) is 54.6 Å². The summed E-state index contributed by atoms with van der Waals surface area (Å²) in [6.45, 7) is 1.10. The number of nitrogens with zero attached hydrogens (tertiary/aromatic N) is 2. The van der Waals surface area contributed by atoms with Gasteiger partial charge in [0.15, 0.2) is 0 Å². The van der Waals surface area contributed by atoms with Gasteiger partial charge in [0, 0.05) is 24.1 Å². The number of fused-ring (bicyclic) bond motifs is 1. The molecule has 31 heavy (non-hydrogen) atoms. The van der Waals surface area contributed by atoms with Crippen LogP contribution in [0.15, 0.2) is 59.6 Å². The van der Waals surface area contributed by atoms with Crippen molar-refractivity contribution in [2.45, 2.75) is 37.6 Å². The van der Waals surface area contributed by atoms with Crippen molar-refractivity contribution < 1.29 is 22.8 Å². The van der Waals surface area contributed by atoms with Gasteiger partial charge in [-0.05, 0) is 19.4 Å². The topological polar surface area (TPSA) is 102 Å². The van der Waals surface area contributed by atoms with Gasteiger partial charge >= 0.3 is 6.18 Å². The summed E-state index contributed by atoms with van der Waals surface area (Å²) in [6, 6.07) is 14.4. The molecule has 1 aliphatic rings. The van der Waals surface area contributed by atoms with Crippen LogP contribution in [0.1, 0.15) is 30.9 Å². The third-order valence-electron chi connectivity index (χ3n) is 4.99. The predicted octanol–water partition coefficient (Wildman–Crippen LogP) is 2.78. The van der Waals surface area contributed by atoms with E-state index in [9.17, 15) is 22.8 Å². The second kappa shape index (κ2) is 8.60. The number of carbonyl (C=O) groups excluding carboxylic acids is 2. The number of anilines is 1. The van der Waals surface area contributed by atoms with Crippen molar-refractivity contribution in [3.63, 3.8) is 0 Å². The van der Waals surface area contributed by atoms with Gasteiger partial charge in [-0.1, -0.05) is 48.5 Å². The number of hydrogen-bond acceptors (Lipinski definition) is 5. The molecule has 164 valence electrons. The first-order valence-corrected chi connectivity index (χ1v) is 9.77. The first kappa shape index (κ1) is 22.6. The minimum Gasteiger partial charge on any atom is -0.322 e. The van der Waals surface area contributed by atoms with Gasteiger partial charge in [-0.25, -0.2) is 4.99 Å². The van der Waals surface area contributed by atoms with Crippen molar-refractivity contribution in [1.82, 2.24) is 0 Å². The molecule has 2 atom stereocenters. The van der Waals surface area contributed by atoms with Gasteiger partial charge in [0.1, 0.15) is 0 Å². The summed E-state index contributed by atoms with van der Waals surface area (Å²) >= 11 is 0. The van der Waals surface area contributed by atoms with E-state index in [0.717, 1.165) is 4.90 Å². The first-order chi connectivity index (χ1) is 14.5. The summed E-state index contributed by atoms with van der Waals surface area (Å²) < 4.78 is 38.2. The molecule has 6 nitrogen and oxygen atoms in total. The Morgan fingerprint density at radius 1 is 1.13 bits per heavy atom. The van der Waals surface area contributed by atoms with E-state index < -0.39 is 36.0 Å². The first-order valence-electron chi connectivity index (χ1n) is 9.77. The molecule has 1 heterocycles. The molecule has 1 amide bonds. The number of halogens is 3. The molecule has 0 aliphatic carbocycles. The number of hydrogen-bond donors (Lipinski definition) is 2. The fraction of sp³-hybridized carbons (Fsp3) is 0.318. The number of nitrogens with two attached hydrogens (primary N) is 2. The molecular weight excluding hydrogens is 409 g/mol. The van der Waals surface area contributed by atoms with Crippen LogP contribution in [0.25, 0.3) is 0 Å². The second-order valence-electron chi connectivity index (χ2n) is 7.44. The van der Waals surface area contributed by atoms with E-state index in [-0.39, 0.29) is 13.0 Å². The number of carbonyl (C=O) groups is 2. The van der Waals surface area contributed by atoms with Crippen LogP contribution in [0.2, 0.25) is 0 Å². The van der Waals surface area contributed by atoms with Crippen LogP contribution in [-0.4, -0.2) is 41.8 Å². The van der Waals surface area contributed by atoms with Gasteiger partial charge in [-0.15, -0.1) is 0 Å². The van der Waals surface area contributed by atoms with Crippen LogP contribution in [0.4, 0.5) is 18.9 Å². The highest BCUT2D eigenvalue weighted by molar-refractivity contribution is 6.26. The molecule has 0 fully saturated rings. The molecule has 0 saturated carbocycles. The molecule has 9 heteroatoms. The minimum absolute atomic E-state index is 0.280. The van der Waals surface area contributed by atoms with Gasteiger partial charge in [0.25, 0.3) is 5.91 Å². The summed E-state index contributed by atoms with van der Waals surface area (Å²) in [7, 11) is 0. The van der Waals surface area contributed by atoms with Crippen molar-refractivity contribution in [1.29, 1.82) is 0 Å². The second-order valence-corrected chi connectivity index (χ2v) is 7.44. The van der Waals surface area contributed by atoms with Crippen LogP contribution >= 0.6 is 0 Å². The van der Waals surface area contributed by atoms with Gasteiger partial charge < -0.3 is 10.6 Å². The molecule has 2 aromatic rings. The zero-order chi connectivity index (χ0) is 22.8. The number of alkyl halides is 3. The number of Topliss-reactive ketones (excluding diaryl/α,β-unsaturated/α-hetero) is 1. The average Bonchev–Trinajstić information content (AvgIpc) is 2.82. The minimum atomic E-state index is -4.37. The summed E-state index contributed by atoms with van der Waals surface area (Å²) in [6.07, 6.45) is -5.81. The van der Waals surface area contributed by atoms with E-state index >= 15 is 0 Å². The van der Waals surface area contributed by atoms with Crippen LogP contribution < -0.4 is 16.4 Å². The van der Waals surface area contributed by atoms with Crippen molar-refractivity contribution in [3.8, 4) is 0 Å². The number of aliphatic imine (C=N–C) groups is 1. The maximum atomic E-state index is 13.4. The largest absolute Gasteiger partial charge is 0.389 e. The Hall–Kier alpha value is -3.04. The number of benzene rings is 2. The Morgan fingerprint density at radius 3 is 2.35 bits per heavy atom. The zero-order valence-corrected chi connectivity index (χ0v) is 16.9. The summed E-state index contributed by atoms with van der Waals surface area (Å²) in [5.41, 5.74) is 11.4. The van der Waals surface area contributed by atoms with E-state index in [0.29, 0.717) is 22.5 Å². The molecule has 0 bridgehead atoms. The zero-order valence-electron chi connectivity index (χ0n) is 16.9. The van der Waals surface area contributed by atoms with E-state index in [4.69, 9.17) is 11.5 Å². The number of benzodiazepines with no additional fused rings is 1. The monoisotopic (exact) mass is 432 g/mol. The smallest absolute Gasteiger partial charge is 0.322 e. The van der Waals surface area contributed by atoms with Gasteiger partial charge in [0.05, 0.1) is 17.4 Å². The highest BCUT2D eigenvalue weighted by atomic mass is 19.4. The molecular formula is C22H23F3N4O2. The van der Waals surface area contributed by atoms with Gasteiger partial charge in [-0.2, -0.15) is 13.2 Å². The molecule has 1 aliphatic heterocycles. The van der Waals surface area contributed by atoms with E-state index in [1.807, 2.05) is 0 Å². The Balaban J connectivity index is 2.18. The predicted molar refractivity (Wildman–Crippen MR) is 112 cm³/mol. The quantitative estimate of drug-likeness (QED) is 0.686. The Labute approximate surface area is 177 Å². The van der Waals surface area contributed by atoms with Crippen LogP contribution in [-0.2, 0) is 9.59 Å². The highest BCUT2D eigenvalue weighted by Crippen LogP contribution is 2.32. The lowest BCUT2D eigenvalue weighted by molar-refractivity contribution is -0.138. The highest BCUT2D eigenvalue weighted by Gasteiger charge is 2.48. The fourth-order valence-corrected chi connectivity index (χ4v) is 3.49. The van der Waals surface area contributed by atoms with E-state index in [2.05, 4.69) is 4.99 Å². The third kappa shape index (κ3) is 4.67. The molecule has 3 rings (SSSR count). The Morgan fingerprint density at radius 2 is 1.74 bits per heavy atom. The Bertz CT molecular complexity index is 1010. The lowest BCUT2D eigenvalue weighted by Crippen LogP contribution is -2.63. The lowest BCUT2D eigenvalue weighted by atomic mass is 9.98. The standard InChI is InChI=1S/C22H23F3N4O2/c1-14(26)19(30)22(27)20(31)29(13-7-12-21(23,24)25)17-11-6-5-10-16(17)18(28-22)15-8-3-2-4-9-15/h2-6,8-11,14H,7,12-13,26-27H2,1H3/t14-,22?/m0/s1. The lowest BCUT2D eigenvalue weighted by Gasteiger charge is -2.30. The third-order valence-corrected chi connectivity index (χ3v) is 4.99. The molecule has 2 aromatic carbocycles. The normalized spacial score (nSPS) is 20.0. The molecule has 0 radical (unpaired) electrons. The number of amides is 1. The summed E-state index contributed by atoms with van der Waals surface area (Å²) in [4.78, 5) is 31.8. The van der Waals surface area contributed by atoms with Gasteiger partial charge in [0.2, 0.25) is 11.4 Å². The SMILES string of the molecule is C[C@H](N)C(=O)C1(N)N=C(c2ccccc2)c2ccccc2N(CCCC(F)(F)F)C1=O. The van der Waals surface area contributed by atoms with Crippen molar-refractivity contribution in [2.24, 2.45) is 16.5 Å². The number of ketones is 1. The molecule has 0 aromatic heterocycles. The maximum Gasteiger partial charge on any atom is 0.389 e. The van der Waals surface area contributed by atoms with Crippen LogP contribution in [0, 0.1) is 0 Å². The summed E-state index contributed by atoms with van der Waals surface area (Å²) in [5, 5.41) is 0. The molecule has 1 unspecified atom stereocenters. The molecule has 0 spiro atoms. The number of rotatable bonds is 6. The van der Waals surface area contributed by atoms with Crippen LogP contribution in [0.3, 0.4) is 0 Å². The molecule has 4 N–H and O–H groups in total. The van der Waals surface area contributed by atoms with Gasteiger partial charge in [-0.3, -0.25) is 15.3 Å². The van der Waals surface area contributed by atoms with Crippen molar-refractivity contribution in [3.05, 3.63) is 65.7 Å². The van der Waals surface area contributed by atoms with Crippen LogP contribution in [0.5, 0.6) is 0 Å². The summed E-state index contributed by atoms with van der Waals surface area (Å²) in [5.74, 6) is -1.73. The van der Waals surface area contributed by atoms with E-state index in [1.165, 1.54) is 6.92 Å². The average molecular weight is 432 g/mol. The van der Waals surface area contributed by atoms with Crippen molar-refractivity contribution in [2.75, 3.05) is 11.4 Å². The fourth-order valence-electron chi connectivity index (χ4n) is 3.49. The van der Waals surface area contributed by atoms with Crippen molar-refractivity contribution >= 4 is 23.1 Å². The maximum absolute atomic E-state index is 13.4. The Kier molecular flexibility index (Phi) is 6.28. The number of para-hydroxylation sites is 1.